The van der Waals surface area contributed by atoms with Gasteiger partial charge in [0, 0.05) is 6.20 Å². The van der Waals surface area contributed by atoms with Crippen LogP contribution in [0.3, 0.4) is 0 Å². The van der Waals surface area contributed by atoms with Crippen molar-refractivity contribution < 1.29 is 4.74 Å². The van der Waals surface area contributed by atoms with Crippen LogP contribution in [0, 0.1) is 0 Å². The van der Waals surface area contributed by atoms with Gasteiger partial charge >= 0.3 is 0 Å². The third-order valence-corrected chi connectivity index (χ3v) is 2.56. The van der Waals surface area contributed by atoms with Crippen LogP contribution in [-0.4, -0.2) is 4.98 Å². The molecule has 0 saturated carbocycles. The summed E-state index contributed by atoms with van der Waals surface area (Å²) in [6.07, 6.45) is 1.64. The number of nitrogens with zero attached hydrogens (tertiary/aromatic N) is 1. The van der Waals surface area contributed by atoms with Gasteiger partial charge in [-0.3, -0.25) is 4.98 Å². The van der Waals surface area contributed by atoms with E-state index in [2.05, 4.69) is 4.98 Å². The van der Waals surface area contributed by atoms with Gasteiger partial charge in [-0.25, -0.2) is 0 Å². The molecule has 0 fully saturated rings. The molecule has 0 spiro atoms. The third-order valence-electron chi connectivity index (χ3n) is 2.24. The van der Waals surface area contributed by atoms with E-state index < -0.39 is 0 Å². The zero-order valence-corrected chi connectivity index (χ0v) is 9.69. The molecule has 0 bridgehead atoms. The summed E-state index contributed by atoms with van der Waals surface area (Å²) >= 11 is 6.01. The Bertz CT molecular complexity index is 458. The molecule has 0 aliphatic carbocycles. The first-order valence-electron chi connectivity index (χ1n) is 5.09. The second-order valence-electron chi connectivity index (χ2n) is 3.45. The van der Waals surface area contributed by atoms with Crippen LogP contribution in [0.5, 0.6) is 5.75 Å². The molecule has 0 N–H and O–H groups in total. The molecule has 2 aromatic rings. The molecule has 0 amide bonds. The zero-order valence-electron chi connectivity index (χ0n) is 8.93. The summed E-state index contributed by atoms with van der Waals surface area (Å²) in [7, 11) is 0. The van der Waals surface area contributed by atoms with E-state index in [0.717, 1.165) is 5.69 Å². The van der Waals surface area contributed by atoms with Crippen LogP contribution in [0.25, 0.3) is 0 Å². The monoisotopic (exact) mass is 233 g/mol. The highest BCUT2D eigenvalue weighted by molar-refractivity contribution is 6.32. The van der Waals surface area contributed by atoms with Gasteiger partial charge in [0.1, 0.15) is 11.9 Å². The fraction of sp³-hybridized carbons (Fsp3) is 0.154. The maximum Gasteiger partial charge on any atom is 0.138 e. The number of hydrogen-bond donors (Lipinski definition) is 0. The first kappa shape index (κ1) is 11.0. The van der Waals surface area contributed by atoms with Gasteiger partial charge in [0.25, 0.3) is 0 Å². The Hall–Kier alpha value is -1.54. The van der Waals surface area contributed by atoms with Crippen molar-refractivity contribution in [2.24, 2.45) is 0 Å². The van der Waals surface area contributed by atoms with Crippen molar-refractivity contribution in [3.8, 4) is 5.75 Å². The summed E-state index contributed by atoms with van der Waals surface area (Å²) in [4.78, 5) is 4.24. The molecule has 16 heavy (non-hydrogen) atoms. The molecule has 82 valence electrons. The Balaban J connectivity index is 2.14. The highest BCUT2D eigenvalue weighted by Gasteiger charge is 2.09. The lowest BCUT2D eigenvalue weighted by Gasteiger charge is -2.14. The molecule has 1 aromatic heterocycles. The van der Waals surface area contributed by atoms with E-state index in [9.17, 15) is 0 Å². The van der Waals surface area contributed by atoms with E-state index >= 15 is 0 Å². The Labute approximate surface area is 99.9 Å². The summed E-state index contributed by atoms with van der Waals surface area (Å²) < 4.78 is 5.74. The predicted molar refractivity (Wildman–Crippen MR) is 64.7 cm³/mol. The summed E-state index contributed by atoms with van der Waals surface area (Å²) in [5, 5.41) is 0.616. The molecule has 2 rings (SSSR count). The maximum atomic E-state index is 6.01. The van der Waals surface area contributed by atoms with Crippen LogP contribution in [0.2, 0.25) is 5.02 Å². The van der Waals surface area contributed by atoms with E-state index in [1.165, 1.54) is 0 Å². The van der Waals surface area contributed by atoms with Crippen LogP contribution in [0.15, 0.2) is 48.7 Å². The topological polar surface area (TPSA) is 22.1 Å². The lowest BCUT2D eigenvalue weighted by atomic mass is 10.2. The van der Waals surface area contributed by atoms with Crippen molar-refractivity contribution in [2.75, 3.05) is 0 Å². The van der Waals surface area contributed by atoms with Gasteiger partial charge in [-0.15, -0.1) is 0 Å². The number of halogens is 1. The Morgan fingerprint density at radius 1 is 1.12 bits per heavy atom. The summed E-state index contributed by atoms with van der Waals surface area (Å²) in [5.41, 5.74) is 0.891. The number of rotatable bonds is 3. The molecule has 0 aliphatic heterocycles. The highest BCUT2D eigenvalue weighted by atomic mass is 35.5. The largest absolute Gasteiger partial charge is 0.483 e. The van der Waals surface area contributed by atoms with Crippen molar-refractivity contribution in [3.63, 3.8) is 0 Å². The van der Waals surface area contributed by atoms with Gasteiger partial charge in [0.15, 0.2) is 0 Å². The molecular formula is C13H12ClNO. The zero-order chi connectivity index (χ0) is 11.4. The van der Waals surface area contributed by atoms with Gasteiger partial charge in [0.2, 0.25) is 0 Å². The van der Waals surface area contributed by atoms with Gasteiger partial charge < -0.3 is 4.74 Å². The Kier molecular flexibility index (Phi) is 3.42. The summed E-state index contributed by atoms with van der Waals surface area (Å²) in [6, 6.07) is 13.2. The fourth-order valence-electron chi connectivity index (χ4n) is 1.41. The lowest BCUT2D eigenvalue weighted by molar-refractivity contribution is 0.222. The van der Waals surface area contributed by atoms with Gasteiger partial charge in [0.05, 0.1) is 10.7 Å². The molecule has 0 aliphatic rings. The Morgan fingerprint density at radius 3 is 2.56 bits per heavy atom. The number of benzene rings is 1. The van der Waals surface area contributed by atoms with Crippen molar-refractivity contribution in [3.05, 3.63) is 59.4 Å². The SMILES string of the molecule is C[C@@H](Oc1ccccc1Cl)c1ccccn1. The van der Waals surface area contributed by atoms with Crippen molar-refractivity contribution in [1.82, 2.24) is 4.98 Å². The van der Waals surface area contributed by atoms with E-state index in [1.807, 2.05) is 49.4 Å². The number of pyridine rings is 1. The lowest BCUT2D eigenvalue weighted by Crippen LogP contribution is -2.05. The molecule has 1 atom stereocenters. The van der Waals surface area contributed by atoms with Crippen molar-refractivity contribution in [1.29, 1.82) is 0 Å². The van der Waals surface area contributed by atoms with Crippen molar-refractivity contribution >= 4 is 11.6 Å². The minimum absolute atomic E-state index is 0.110. The molecule has 0 saturated heterocycles. The standard InChI is InChI=1S/C13H12ClNO/c1-10(12-7-4-5-9-15-12)16-13-8-3-2-6-11(13)14/h2-10H,1H3/t10-/m1/s1. The second kappa shape index (κ2) is 4.99. The average Bonchev–Trinajstić information content (AvgIpc) is 2.33. The van der Waals surface area contributed by atoms with Crippen LogP contribution >= 0.6 is 11.6 Å². The smallest absolute Gasteiger partial charge is 0.138 e. The molecule has 2 nitrogen and oxygen atoms in total. The van der Waals surface area contributed by atoms with Crippen LogP contribution in [-0.2, 0) is 0 Å². The molecule has 0 unspecified atom stereocenters. The molecule has 3 heteroatoms. The van der Waals surface area contributed by atoms with E-state index in [4.69, 9.17) is 16.3 Å². The minimum atomic E-state index is -0.110. The molecule has 0 radical (unpaired) electrons. The highest BCUT2D eigenvalue weighted by Crippen LogP contribution is 2.27. The summed E-state index contributed by atoms with van der Waals surface area (Å²) in [6.45, 7) is 1.95. The predicted octanol–water partition coefficient (Wildman–Crippen LogP) is 3.88. The van der Waals surface area contributed by atoms with Crippen LogP contribution in [0.4, 0.5) is 0 Å². The molecule has 1 aromatic carbocycles. The number of aromatic nitrogens is 1. The third kappa shape index (κ3) is 2.52. The maximum absolute atomic E-state index is 6.01. The number of hydrogen-bond acceptors (Lipinski definition) is 2. The quantitative estimate of drug-likeness (QED) is 0.803. The Morgan fingerprint density at radius 2 is 1.88 bits per heavy atom. The second-order valence-corrected chi connectivity index (χ2v) is 3.85. The van der Waals surface area contributed by atoms with Crippen molar-refractivity contribution in [2.45, 2.75) is 13.0 Å². The van der Waals surface area contributed by atoms with Crippen LogP contribution in [0.1, 0.15) is 18.7 Å². The normalized spacial score (nSPS) is 12.1. The van der Waals surface area contributed by atoms with E-state index in [0.29, 0.717) is 10.8 Å². The molecular weight excluding hydrogens is 222 g/mol. The average molecular weight is 234 g/mol. The van der Waals surface area contributed by atoms with Gasteiger partial charge in [-0.2, -0.15) is 0 Å². The number of para-hydroxylation sites is 1. The van der Waals surface area contributed by atoms with Crippen LogP contribution < -0.4 is 4.74 Å². The first-order valence-corrected chi connectivity index (χ1v) is 5.47. The first-order chi connectivity index (χ1) is 7.77. The van der Waals surface area contributed by atoms with Gasteiger partial charge in [-0.1, -0.05) is 29.8 Å². The van der Waals surface area contributed by atoms with E-state index in [-0.39, 0.29) is 6.10 Å². The minimum Gasteiger partial charge on any atom is -0.483 e. The fourth-order valence-corrected chi connectivity index (χ4v) is 1.59. The number of ether oxygens (including phenoxy) is 1. The van der Waals surface area contributed by atoms with Gasteiger partial charge in [-0.05, 0) is 31.2 Å². The molecule has 1 heterocycles. The summed E-state index contributed by atoms with van der Waals surface area (Å²) in [5.74, 6) is 0.683. The van der Waals surface area contributed by atoms with E-state index in [1.54, 1.807) is 6.20 Å².